The lowest BCUT2D eigenvalue weighted by molar-refractivity contribution is -0.113. The number of thioether (sulfide) groups is 1. The molecule has 0 bridgehead atoms. The summed E-state index contributed by atoms with van der Waals surface area (Å²) in [6.45, 7) is 2.11. The fourth-order valence-electron chi connectivity index (χ4n) is 3.18. The van der Waals surface area contributed by atoms with Crippen LogP contribution in [-0.2, 0) is 11.2 Å². The second kappa shape index (κ2) is 10.6. The van der Waals surface area contributed by atoms with Gasteiger partial charge in [0.15, 0.2) is 11.0 Å². The highest BCUT2D eigenvalue weighted by Crippen LogP contribution is 2.31. The Morgan fingerprint density at radius 3 is 2.39 bits per heavy atom. The van der Waals surface area contributed by atoms with Crippen LogP contribution in [0.1, 0.15) is 12.5 Å². The molecule has 0 spiro atoms. The molecule has 0 atom stereocenters. The first kappa shape index (κ1) is 23.6. The number of halogens is 3. The number of aryl methyl sites for hydroxylation is 1. The Hall–Kier alpha value is -2.51. The number of benzene rings is 3. The van der Waals surface area contributed by atoms with Crippen molar-refractivity contribution in [2.24, 2.45) is 0 Å². The minimum absolute atomic E-state index is 0.120. The van der Waals surface area contributed by atoms with Gasteiger partial charge < -0.3 is 5.32 Å². The molecule has 33 heavy (non-hydrogen) atoms. The van der Waals surface area contributed by atoms with Gasteiger partial charge in [0.25, 0.3) is 0 Å². The van der Waals surface area contributed by atoms with Crippen molar-refractivity contribution in [2.75, 3.05) is 11.1 Å². The lowest BCUT2D eigenvalue weighted by Crippen LogP contribution is -2.15. The number of aromatic nitrogens is 3. The Morgan fingerprint density at radius 1 is 0.970 bits per heavy atom. The lowest BCUT2D eigenvalue weighted by atomic mass is 10.1. The SMILES string of the molecule is CCc1ccc(-n2c(SCC(=O)Nc3cccc(Cl)c3Cl)nnc2-c2ccc(Cl)cc2)cc1. The summed E-state index contributed by atoms with van der Waals surface area (Å²) in [7, 11) is 0. The van der Waals surface area contributed by atoms with E-state index in [0.717, 1.165) is 17.7 Å². The third kappa shape index (κ3) is 5.53. The molecule has 0 saturated heterocycles. The maximum Gasteiger partial charge on any atom is 0.234 e. The number of hydrogen-bond acceptors (Lipinski definition) is 4. The van der Waals surface area contributed by atoms with Crippen molar-refractivity contribution in [3.8, 4) is 17.1 Å². The van der Waals surface area contributed by atoms with E-state index in [4.69, 9.17) is 34.8 Å². The van der Waals surface area contributed by atoms with Crippen molar-refractivity contribution in [3.63, 3.8) is 0 Å². The van der Waals surface area contributed by atoms with Crippen LogP contribution in [0.5, 0.6) is 0 Å². The molecule has 9 heteroatoms. The maximum atomic E-state index is 12.6. The van der Waals surface area contributed by atoms with Crippen LogP contribution in [0.4, 0.5) is 5.69 Å². The van der Waals surface area contributed by atoms with Crippen LogP contribution in [-0.4, -0.2) is 26.4 Å². The minimum Gasteiger partial charge on any atom is -0.324 e. The van der Waals surface area contributed by atoms with Gasteiger partial charge in [0.1, 0.15) is 0 Å². The van der Waals surface area contributed by atoms with Gasteiger partial charge in [0.05, 0.1) is 21.5 Å². The van der Waals surface area contributed by atoms with Gasteiger partial charge >= 0.3 is 0 Å². The van der Waals surface area contributed by atoms with Gasteiger partial charge in [-0.1, -0.05) is 71.7 Å². The molecule has 5 nitrogen and oxygen atoms in total. The van der Waals surface area contributed by atoms with Crippen LogP contribution < -0.4 is 5.32 Å². The molecule has 0 unspecified atom stereocenters. The zero-order chi connectivity index (χ0) is 23.4. The third-order valence-corrected chi connectivity index (χ3v) is 6.90. The number of hydrogen-bond donors (Lipinski definition) is 1. The van der Waals surface area contributed by atoms with E-state index in [-0.39, 0.29) is 11.7 Å². The molecule has 0 radical (unpaired) electrons. The Bertz CT molecular complexity index is 1270. The van der Waals surface area contributed by atoms with Crippen LogP contribution in [0.2, 0.25) is 15.1 Å². The summed E-state index contributed by atoms with van der Waals surface area (Å²) in [4.78, 5) is 12.6. The molecule has 1 aromatic heterocycles. The summed E-state index contributed by atoms with van der Waals surface area (Å²) >= 11 is 19.6. The second-order valence-electron chi connectivity index (χ2n) is 7.11. The smallest absolute Gasteiger partial charge is 0.234 e. The van der Waals surface area contributed by atoms with E-state index in [1.165, 1.54) is 17.3 Å². The van der Waals surface area contributed by atoms with Gasteiger partial charge in [0.2, 0.25) is 5.91 Å². The molecule has 4 aromatic rings. The topological polar surface area (TPSA) is 59.8 Å². The molecule has 1 heterocycles. The molecule has 4 rings (SSSR count). The highest BCUT2D eigenvalue weighted by molar-refractivity contribution is 7.99. The molecule has 0 aliphatic rings. The maximum absolute atomic E-state index is 12.6. The zero-order valence-electron chi connectivity index (χ0n) is 17.6. The predicted molar refractivity (Wildman–Crippen MR) is 137 cm³/mol. The summed E-state index contributed by atoms with van der Waals surface area (Å²) in [6, 6.07) is 20.7. The molecule has 0 fully saturated rings. The summed E-state index contributed by atoms with van der Waals surface area (Å²) in [5, 5.41) is 13.5. The molecule has 0 aliphatic heterocycles. The van der Waals surface area contributed by atoms with Gasteiger partial charge in [-0.25, -0.2) is 0 Å². The quantitative estimate of drug-likeness (QED) is 0.264. The number of nitrogens with zero attached hydrogens (tertiary/aromatic N) is 3. The number of carbonyl (C=O) groups excluding carboxylic acids is 1. The van der Waals surface area contributed by atoms with Crippen molar-refractivity contribution in [1.82, 2.24) is 14.8 Å². The molecule has 0 aliphatic carbocycles. The number of nitrogens with one attached hydrogen (secondary N) is 1. The first-order valence-electron chi connectivity index (χ1n) is 10.1. The van der Waals surface area contributed by atoms with E-state index in [1.807, 2.05) is 41.0 Å². The van der Waals surface area contributed by atoms with E-state index in [9.17, 15) is 4.79 Å². The molecule has 1 N–H and O–H groups in total. The Balaban J connectivity index is 1.61. The largest absolute Gasteiger partial charge is 0.324 e. The van der Waals surface area contributed by atoms with E-state index in [1.54, 1.807) is 18.2 Å². The Morgan fingerprint density at radius 2 is 1.70 bits per heavy atom. The summed E-state index contributed by atoms with van der Waals surface area (Å²) in [6.07, 6.45) is 0.945. The first-order valence-corrected chi connectivity index (χ1v) is 12.3. The van der Waals surface area contributed by atoms with E-state index < -0.39 is 0 Å². The molecule has 3 aromatic carbocycles. The Labute approximate surface area is 211 Å². The fourth-order valence-corrected chi connectivity index (χ4v) is 4.41. The van der Waals surface area contributed by atoms with Gasteiger partial charge in [-0.3, -0.25) is 9.36 Å². The highest BCUT2D eigenvalue weighted by Gasteiger charge is 2.18. The van der Waals surface area contributed by atoms with E-state index in [0.29, 0.717) is 31.7 Å². The average molecular weight is 518 g/mol. The fraction of sp³-hybridized carbons (Fsp3) is 0.125. The van der Waals surface area contributed by atoms with Gasteiger partial charge in [0, 0.05) is 16.3 Å². The van der Waals surface area contributed by atoms with Crippen LogP contribution in [0.3, 0.4) is 0 Å². The second-order valence-corrected chi connectivity index (χ2v) is 9.27. The third-order valence-electron chi connectivity index (χ3n) is 4.90. The van der Waals surface area contributed by atoms with Crippen molar-refractivity contribution in [1.29, 1.82) is 0 Å². The first-order chi connectivity index (χ1) is 16.0. The molecule has 0 saturated carbocycles. The number of rotatable bonds is 7. The van der Waals surface area contributed by atoms with Gasteiger partial charge in [-0.15, -0.1) is 10.2 Å². The summed E-state index contributed by atoms with van der Waals surface area (Å²) < 4.78 is 1.94. The highest BCUT2D eigenvalue weighted by atomic mass is 35.5. The van der Waals surface area contributed by atoms with Crippen molar-refractivity contribution in [3.05, 3.63) is 87.4 Å². The standard InChI is InChI=1S/C24H19Cl3N4OS/c1-2-15-6-12-18(13-7-15)31-23(16-8-10-17(25)11-9-16)29-30-24(31)33-14-21(32)28-20-5-3-4-19(26)22(20)27/h3-13H,2,14H2,1H3,(H,28,32). The molecular formula is C24H19Cl3N4OS. The predicted octanol–water partition coefficient (Wildman–Crippen LogP) is 7.19. The summed E-state index contributed by atoms with van der Waals surface area (Å²) in [5.41, 5.74) is 3.47. The molecule has 1 amide bonds. The molecule has 168 valence electrons. The Kier molecular flexibility index (Phi) is 7.60. The van der Waals surface area contributed by atoms with Crippen LogP contribution >= 0.6 is 46.6 Å². The summed E-state index contributed by atoms with van der Waals surface area (Å²) in [5.74, 6) is 0.555. The van der Waals surface area contributed by atoms with Gasteiger partial charge in [-0.2, -0.15) is 0 Å². The van der Waals surface area contributed by atoms with E-state index in [2.05, 4.69) is 34.6 Å². The average Bonchev–Trinajstić information content (AvgIpc) is 3.25. The van der Waals surface area contributed by atoms with Crippen molar-refractivity contribution < 1.29 is 4.79 Å². The van der Waals surface area contributed by atoms with Gasteiger partial charge in [-0.05, 0) is 60.5 Å². The van der Waals surface area contributed by atoms with Crippen LogP contribution in [0.25, 0.3) is 17.1 Å². The molecular weight excluding hydrogens is 499 g/mol. The van der Waals surface area contributed by atoms with Crippen LogP contribution in [0, 0.1) is 0 Å². The van der Waals surface area contributed by atoms with Crippen molar-refractivity contribution >= 4 is 58.2 Å². The monoisotopic (exact) mass is 516 g/mol. The van der Waals surface area contributed by atoms with Crippen molar-refractivity contribution in [2.45, 2.75) is 18.5 Å². The normalized spacial score (nSPS) is 10.9. The zero-order valence-corrected chi connectivity index (χ0v) is 20.6. The number of amides is 1. The minimum atomic E-state index is -0.229. The number of anilines is 1. The van der Waals surface area contributed by atoms with E-state index >= 15 is 0 Å². The van der Waals surface area contributed by atoms with Crippen LogP contribution in [0.15, 0.2) is 71.9 Å². The lowest BCUT2D eigenvalue weighted by Gasteiger charge is -2.12. The number of carbonyl (C=O) groups is 1.